The van der Waals surface area contributed by atoms with Crippen molar-refractivity contribution in [2.75, 3.05) is 5.73 Å². The molecule has 0 saturated heterocycles. The molecule has 0 fully saturated rings. The van der Waals surface area contributed by atoms with Crippen LogP contribution in [0, 0.1) is 0 Å². The van der Waals surface area contributed by atoms with Crippen molar-refractivity contribution in [2.45, 2.75) is 19.9 Å². The maximum absolute atomic E-state index is 11.2. The quantitative estimate of drug-likeness (QED) is 0.718. The normalized spacial score (nSPS) is 10.2. The molecule has 1 aromatic rings. The first-order valence-electron chi connectivity index (χ1n) is 3.62. The maximum atomic E-state index is 11.2. The molecule has 0 aliphatic rings. The molecule has 1 aromatic heterocycles. The zero-order valence-electron chi connectivity index (χ0n) is 7.00. The number of aromatic nitrogens is 1. The molecular weight excluding hydrogens is 174 g/mol. The van der Waals surface area contributed by atoms with Gasteiger partial charge in [-0.1, -0.05) is 0 Å². The summed E-state index contributed by atoms with van der Waals surface area (Å²) in [5, 5.41) is 3.28. The average Bonchev–Trinajstić information content (AvgIpc) is 2.34. The molecule has 0 aromatic carbocycles. The van der Waals surface area contributed by atoms with Crippen molar-refractivity contribution in [3.05, 3.63) is 11.8 Å². The van der Waals surface area contributed by atoms with Gasteiger partial charge >= 0.3 is 0 Å². The van der Waals surface area contributed by atoms with Crippen LogP contribution in [-0.4, -0.2) is 16.3 Å². The fourth-order valence-electron chi connectivity index (χ4n) is 0.732. The number of nitrogens with one attached hydrogen (secondary N) is 1. The van der Waals surface area contributed by atoms with E-state index in [0.29, 0.717) is 10.7 Å². The van der Waals surface area contributed by atoms with Crippen molar-refractivity contribution in [3.8, 4) is 0 Å². The summed E-state index contributed by atoms with van der Waals surface area (Å²) >= 11 is 1.13. The van der Waals surface area contributed by atoms with Crippen LogP contribution >= 0.6 is 11.5 Å². The summed E-state index contributed by atoms with van der Waals surface area (Å²) in [4.78, 5) is 11.2. The highest BCUT2D eigenvalue weighted by Gasteiger charge is 2.09. The lowest BCUT2D eigenvalue weighted by atomic mass is 10.3. The monoisotopic (exact) mass is 185 g/mol. The first kappa shape index (κ1) is 8.99. The van der Waals surface area contributed by atoms with Crippen molar-refractivity contribution < 1.29 is 4.79 Å². The van der Waals surface area contributed by atoms with E-state index in [1.807, 2.05) is 13.8 Å². The fraction of sp³-hybridized carbons (Fsp3) is 0.429. The van der Waals surface area contributed by atoms with E-state index in [2.05, 4.69) is 9.69 Å². The molecular formula is C7H11N3OS. The van der Waals surface area contributed by atoms with Gasteiger partial charge in [0.25, 0.3) is 5.91 Å². The van der Waals surface area contributed by atoms with Crippen LogP contribution in [0.4, 0.5) is 5.00 Å². The molecule has 0 radical (unpaired) electrons. The Morgan fingerprint density at radius 3 is 2.83 bits per heavy atom. The number of hydrogen-bond donors (Lipinski definition) is 2. The summed E-state index contributed by atoms with van der Waals surface area (Å²) in [6, 6.07) is 1.70. The van der Waals surface area contributed by atoms with Gasteiger partial charge in [0, 0.05) is 12.1 Å². The Kier molecular flexibility index (Phi) is 2.65. The first-order chi connectivity index (χ1) is 5.59. The predicted octanol–water partition coefficient (Wildman–Crippen LogP) is 0.864. The number of anilines is 1. The number of hydrogen-bond acceptors (Lipinski definition) is 4. The second-order valence-electron chi connectivity index (χ2n) is 2.74. The van der Waals surface area contributed by atoms with Crippen molar-refractivity contribution >= 4 is 22.4 Å². The highest BCUT2D eigenvalue weighted by Crippen LogP contribution is 2.10. The van der Waals surface area contributed by atoms with Gasteiger partial charge in [0.2, 0.25) is 0 Å². The SMILES string of the molecule is CC(C)NC(=O)c1cc(N)sn1. The molecule has 1 amide bonds. The Hall–Kier alpha value is -1.10. The second-order valence-corrected chi connectivity index (χ2v) is 3.58. The van der Waals surface area contributed by atoms with E-state index >= 15 is 0 Å². The molecule has 4 nitrogen and oxygen atoms in total. The van der Waals surface area contributed by atoms with E-state index in [1.165, 1.54) is 0 Å². The third-order valence-electron chi connectivity index (χ3n) is 1.18. The van der Waals surface area contributed by atoms with Gasteiger partial charge in [-0.05, 0) is 25.4 Å². The lowest BCUT2D eigenvalue weighted by Gasteiger charge is -2.04. The molecule has 0 spiro atoms. The molecule has 12 heavy (non-hydrogen) atoms. The molecule has 0 unspecified atom stereocenters. The largest absolute Gasteiger partial charge is 0.389 e. The van der Waals surface area contributed by atoms with Gasteiger partial charge in [-0.3, -0.25) is 4.79 Å². The molecule has 1 heterocycles. The van der Waals surface area contributed by atoms with Gasteiger partial charge in [0.15, 0.2) is 0 Å². The molecule has 0 atom stereocenters. The summed E-state index contributed by atoms with van der Waals surface area (Å²) in [5.74, 6) is -0.169. The zero-order valence-corrected chi connectivity index (χ0v) is 7.81. The summed E-state index contributed by atoms with van der Waals surface area (Å²) in [6.07, 6.45) is 0. The Bertz CT molecular complexity index is 282. The van der Waals surface area contributed by atoms with E-state index in [9.17, 15) is 4.79 Å². The molecule has 5 heteroatoms. The van der Waals surface area contributed by atoms with Crippen molar-refractivity contribution in [3.63, 3.8) is 0 Å². The molecule has 0 saturated carbocycles. The smallest absolute Gasteiger partial charge is 0.271 e. The number of nitrogens with two attached hydrogens (primary N) is 1. The first-order valence-corrected chi connectivity index (χ1v) is 4.40. The second kappa shape index (κ2) is 3.53. The van der Waals surface area contributed by atoms with Crippen LogP contribution in [0.5, 0.6) is 0 Å². The molecule has 0 bridgehead atoms. The van der Waals surface area contributed by atoms with Crippen LogP contribution in [0.3, 0.4) is 0 Å². The molecule has 0 aliphatic heterocycles. The van der Waals surface area contributed by atoms with Crippen LogP contribution in [0.1, 0.15) is 24.3 Å². The van der Waals surface area contributed by atoms with Crippen molar-refractivity contribution in [2.24, 2.45) is 0 Å². The van der Waals surface area contributed by atoms with E-state index in [1.54, 1.807) is 6.07 Å². The van der Waals surface area contributed by atoms with Gasteiger partial charge in [-0.25, -0.2) is 0 Å². The summed E-state index contributed by atoms with van der Waals surface area (Å²) < 4.78 is 3.87. The zero-order chi connectivity index (χ0) is 9.14. The minimum atomic E-state index is -0.169. The van der Waals surface area contributed by atoms with Crippen LogP contribution in [0.15, 0.2) is 6.07 Å². The third kappa shape index (κ3) is 2.20. The van der Waals surface area contributed by atoms with E-state index in [-0.39, 0.29) is 11.9 Å². The van der Waals surface area contributed by atoms with Crippen molar-refractivity contribution in [1.82, 2.24) is 9.69 Å². The van der Waals surface area contributed by atoms with E-state index < -0.39 is 0 Å². The number of amides is 1. The van der Waals surface area contributed by atoms with Crippen LogP contribution in [-0.2, 0) is 0 Å². The van der Waals surface area contributed by atoms with Gasteiger partial charge in [0.05, 0.1) is 0 Å². The minimum Gasteiger partial charge on any atom is -0.389 e. The summed E-state index contributed by atoms with van der Waals surface area (Å²) in [7, 11) is 0. The number of rotatable bonds is 2. The molecule has 66 valence electrons. The Balaban J connectivity index is 2.65. The van der Waals surface area contributed by atoms with Crippen molar-refractivity contribution in [1.29, 1.82) is 0 Å². The van der Waals surface area contributed by atoms with Crippen LogP contribution < -0.4 is 11.1 Å². The number of nitrogens with zero attached hydrogens (tertiary/aromatic N) is 1. The molecule has 0 aliphatic carbocycles. The summed E-state index contributed by atoms with van der Waals surface area (Å²) in [6.45, 7) is 3.79. The predicted molar refractivity (Wildman–Crippen MR) is 49.1 cm³/mol. The van der Waals surface area contributed by atoms with Gasteiger partial charge in [-0.15, -0.1) is 0 Å². The summed E-state index contributed by atoms with van der Waals surface area (Å²) in [5.41, 5.74) is 5.82. The standard InChI is InChI=1S/C7H11N3OS/c1-4(2)9-7(11)5-3-6(8)12-10-5/h3-4H,8H2,1-2H3,(H,9,11). The Morgan fingerprint density at radius 1 is 1.75 bits per heavy atom. The number of nitrogen functional groups attached to an aromatic ring is 1. The lowest BCUT2D eigenvalue weighted by molar-refractivity contribution is 0.0939. The number of carbonyl (C=O) groups is 1. The Morgan fingerprint density at radius 2 is 2.42 bits per heavy atom. The lowest BCUT2D eigenvalue weighted by Crippen LogP contribution is -2.30. The molecule has 1 rings (SSSR count). The highest BCUT2D eigenvalue weighted by molar-refractivity contribution is 7.10. The Labute approximate surface area is 74.9 Å². The van der Waals surface area contributed by atoms with E-state index in [4.69, 9.17) is 5.73 Å². The van der Waals surface area contributed by atoms with E-state index in [0.717, 1.165) is 11.5 Å². The topological polar surface area (TPSA) is 68.0 Å². The van der Waals surface area contributed by atoms with Crippen LogP contribution in [0.25, 0.3) is 0 Å². The number of carbonyl (C=O) groups excluding carboxylic acids is 1. The van der Waals surface area contributed by atoms with Gasteiger partial charge in [0.1, 0.15) is 10.7 Å². The van der Waals surface area contributed by atoms with Crippen LogP contribution in [0.2, 0.25) is 0 Å². The maximum Gasteiger partial charge on any atom is 0.271 e. The third-order valence-corrected chi connectivity index (χ3v) is 1.80. The average molecular weight is 185 g/mol. The minimum absolute atomic E-state index is 0.125. The van der Waals surface area contributed by atoms with Gasteiger partial charge in [-0.2, -0.15) is 4.37 Å². The fourth-order valence-corrected chi connectivity index (χ4v) is 1.24. The van der Waals surface area contributed by atoms with Gasteiger partial charge < -0.3 is 11.1 Å². The molecule has 3 N–H and O–H groups in total. The highest BCUT2D eigenvalue weighted by atomic mass is 32.1.